The Labute approximate surface area is 99.0 Å². The van der Waals surface area contributed by atoms with Crippen LogP contribution in [0.1, 0.15) is 45.1 Å². The van der Waals surface area contributed by atoms with Crippen LogP contribution < -0.4 is 5.73 Å². The molecule has 1 aromatic carbocycles. The summed E-state index contributed by atoms with van der Waals surface area (Å²) in [5.74, 6) is 0.762. The lowest BCUT2D eigenvalue weighted by molar-refractivity contribution is 0.431. The van der Waals surface area contributed by atoms with E-state index in [0.29, 0.717) is 11.5 Å². The van der Waals surface area contributed by atoms with Gasteiger partial charge >= 0.3 is 0 Å². The molecule has 1 aliphatic rings. The van der Waals surface area contributed by atoms with E-state index in [4.69, 9.17) is 5.73 Å². The third-order valence-electron chi connectivity index (χ3n) is 3.90. The van der Waals surface area contributed by atoms with Crippen molar-refractivity contribution in [2.45, 2.75) is 51.0 Å². The van der Waals surface area contributed by atoms with Crippen LogP contribution in [-0.2, 0) is 5.41 Å². The Morgan fingerprint density at radius 1 is 1.12 bits per heavy atom. The molecule has 0 amide bonds. The van der Waals surface area contributed by atoms with Crippen molar-refractivity contribution < 1.29 is 0 Å². The first-order chi connectivity index (χ1) is 7.65. The first kappa shape index (κ1) is 11.7. The van der Waals surface area contributed by atoms with Gasteiger partial charge in [-0.2, -0.15) is 0 Å². The van der Waals surface area contributed by atoms with Crippen molar-refractivity contribution in [2.24, 2.45) is 11.7 Å². The highest BCUT2D eigenvalue weighted by atomic mass is 14.7. The summed E-state index contributed by atoms with van der Waals surface area (Å²) < 4.78 is 0. The van der Waals surface area contributed by atoms with Gasteiger partial charge in [0.15, 0.2) is 0 Å². The molecule has 0 bridgehead atoms. The minimum atomic E-state index is 0.316. The lowest BCUT2D eigenvalue weighted by atomic mass is 9.85. The fraction of sp³-hybridized carbons (Fsp3) is 0.600. The Balaban J connectivity index is 2.03. The Morgan fingerprint density at radius 3 is 2.25 bits per heavy atom. The Hall–Kier alpha value is -0.820. The number of benzene rings is 1. The fourth-order valence-corrected chi connectivity index (χ4v) is 2.57. The summed E-state index contributed by atoms with van der Waals surface area (Å²) in [5, 5.41) is 0. The summed E-state index contributed by atoms with van der Waals surface area (Å²) in [7, 11) is 0. The standard InChI is InChI=1S/C15H23N/c1-12(2)8-9-14(16)15(10-11-15)13-6-4-3-5-7-13/h3-7,12,14H,8-11,16H2,1-2H3. The van der Waals surface area contributed by atoms with Crippen molar-refractivity contribution in [1.82, 2.24) is 0 Å². The molecule has 1 aromatic rings. The molecule has 16 heavy (non-hydrogen) atoms. The van der Waals surface area contributed by atoms with E-state index in [9.17, 15) is 0 Å². The molecule has 88 valence electrons. The second-order valence-corrected chi connectivity index (χ2v) is 5.60. The molecular formula is C15H23N. The van der Waals surface area contributed by atoms with Crippen LogP contribution in [0, 0.1) is 5.92 Å². The molecule has 1 saturated carbocycles. The maximum atomic E-state index is 6.39. The van der Waals surface area contributed by atoms with E-state index in [1.54, 1.807) is 0 Å². The molecule has 0 spiro atoms. The predicted octanol–water partition coefficient (Wildman–Crippen LogP) is 3.48. The quantitative estimate of drug-likeness (QED) is 0.803. The van der Waals surface area contributed by atoms with Crippen molar-refractivity contribution in [3.8, 4) is 0 Å². The van der Waals surface area contributed by atoms with Gasteiger partial charge in [-0.15, -0.1) is 0 Å². The van der Waals surface area contributed by atoms with Crippen LogP contribution in [0.3, 0.4) is 0 Å². The van der Waals surface area contributed by atoms with Crippen LogP contribution in [-0.4, -0.2) is 6.04 Å². The van der Waals surface area contributed by atoms with Gasteiger partial charge in [0.25, 0.3) is 0 Å². The van der Waals surface area contributed by atoms with E-state index in [1.807, 2.05) is 0 Å². The van der Waals surface area contributed by atoms with Gasteiger partial charge in [-0.3, -0.25) is 0 Å². The van der Waals surface area contributed by atoms with Gasteiger partial charge in [0.1, 0.15) is 0 Å². The SMILES string of the molecule is CC(C)CCC(N)C1(c2ccccc2)CC1. The molecule has 0 aromatic heterocycles. The molecule has 2 rings (SSSR count). The van der Waals surface area contributed by atoms with E-state index in [2.05, 4.69) is 44.2 Å². The normalized spacial score (nSPS) is 19.8. The zero-order chi connectivity index (χ0) is 11.6. The van der Waals surface area contributed by atoms with Crippen LogP contribution in [0.25, 0.3) is 0 Å². The Bertz CT molecular complexity index is 325. The van der Waals surface area contributed by atoms with E-state index in [-0.39, 0.29) is 0 Å². The molecule has 1 atom stereocenters. The fourth-order valence-electron chi connectivity index (χ4n) is 2.57. The zero-order valence-corrected chi connectivity index (χ0v) is 10.4. The summed E-state index contributed by atoms with van der Waals surface area (Å²) >= 11 is 0. The van der Waals surface area contributed by atoms with Crippen molar-refractivity contribution in [2.75, 3.05) is 0 Å². The molecule has 0 radical (unpaired) electrons. The van der Waals surface area contributed by atoms with E-state index in [0.717, 1.165) is 12.3 Å². The van der Waals surface area contributed by atoms with Crippen LogP contribution >= 0.6 is 0 Å². The van der Waals surface area contributed by atoms with Gasteiger partial charge in [0.2, 0.25) is 0 Å². The summed E-state index contributed by atoms with van der Waals surface area (Å²) in [6, 6.07) is 11.2. The van der Waals surface area contributed by atoms with E-state index >= 15 is 0 Å². The molecule has 1 heteroatoms. The lowest BCUT2D eigenvalue weighted by Gasteiger charge is -2.24. The maximum Gasteiger partial charge on any atom is 0.0136 e. The van der Waals surface area contributed by atoms with Gasteiger partial charge in [-0.25, -0.2) is 0 Å². The minimum Gasteiger partial charge on any atom is -0.327 e. The monoisotopic (exact) mass is 217 g/mol. The average Bonchev–Trinajstić information content (AvgIpc) is 3.08. The first-order valence-corrected chi connectivity index (χ1v) is 6.46. The van der Waals surface area contributed by atoms with Gasteiger partial charge < -0.3 is 5.73 Å². The van der Waals surface area contributed by atoms with Gasteiger partial charge in [-0.1, -0.05) is 44.2 Å². The highest BCUT2D eigenvalue weighted by Gasteiger charge is 2.48. The smallest absolute Gasteiger partial charge is 0.0136 e. The molecule has 1 unspecified atom stereocenters. The molecule has 0 aliphatic heterocycles. The summed E-state index contributed by atoms with van der Waals surface area (Å²) in [5.41, 5.74) is 8.16. The molecule has 2 N–H and O–H groups in total. The van der Waals surface area contributed by atoms with Crippen molar-refractivity contribution >= 4 is 0 Å². The van der Waals surface area contributed by atoms with Crippen LogP contribution in [0.2, 0.25) is 0 Å². The third kappa shape index (κ3) is 2.30. The summed E-state index contributed by atoms with van der Waals surface area (Å²) in [6.45, 7) is 4.55. The first-order valence-electron chi connectivity index (χ1n) is 6.46. The Morgan fingerprint density at radius 2 is 1.75 bits per heavy atom. The van der Waals surface area contributed by atoms with E-state index in [1.165, 1.54) is 24.8 Å². The number of hydrogen-bond acceptors (Lipinski definition) is 1. The predicted molar refractivity (Wildman–Crippen MR) is 69.4 cm³/mol. The number of hydrogen-bond donors (Lipinski definition) is 1. The molecule has 1 fully saturated rings. The second-order valence-electron chi connectivity index (χ2n) is 5.60. The molecule has 1 aliphatic carbocycles. The third-order valence-corrected chi connectivity index (χ3v) is 3.90. The molecule has 0 saturated heterocycles. The van der Waals surface area contributed by atoms with Gasteiger partial charge in [0, 0.05) is 11.5 Å². The summed E-state index contributed by atoms with van der Waals surface area (Å²) in [4.78, 5) is 0. The highest BCUT2D eigenvalue weighted by Crippen LogP contribution is 2.51. The van der Waals surface area contributed by atoms with Crippen LogP contribution in [0.4, 0.5) is 0 Å². The van der Waals surface area contributed by atoms with Gasteiger partial charge in [-0.05, 0) is 37.2 Å². The van der Waals surface area contributed by atoms with Crippen LogP contribution in [0.5, 0.6) is 0 Å². The van der Waals surface area contributed by atoms with Crippen LogP contribution in [0.15, 0.2) is 30.3 Å². The largest absolute Gasteiger partial charge is 0.327 e. The van der Waals surface area contributed by atoms with Crippen molar-refractivity contribution in [3.05, 3.63) is 35.9 Å². The number of nitrogens with two attached hydrogens (primary N) is 1. The number of rotatable bonds is 5. The Kier molecular flexibility index (Phi) is 3.34. The minimum absolute atomic E-state index is 0.316. The topological polar surface area (TPSA) is 26.0 Å². The van der Waals surface area contributed by atoms with Crippen molar-refractivity contribution in [1.29, 1.82) is 0 Å². The molecule has 1 nitrogen and oxygen atoms in total. The average molecular weight is 217 g/mol. The summed E-state index contributed by atoms with van der Waals surface area (Å²) in [6.07, 6.45) is 4.95. The maximum absolute atomic E-state index is 6.39. The molecule has 0 heterocycles. The lowest BCUT2D eigenvalue weighted by Crippen LogP contribution is -2.35. The molecular weight excluding hydrogens is 194 g/mol. The van der Waals surface area contributed by atoms with E-state index < -0.39 is 0 Å². The second kappa shape index (κ2) is 4.58. The zero-order valence-electron chi connectivity index (χ0n) is 10.4. The highest BCUT2D eigenvalue weighted by molar-refractivity contribution is 5.33. The van der Waals surface area contributed by atoms with Crippen molar-refractivity contribution in [3.63, 3.8) is 0 Å². The van der Waals surface area contributed by atoms with Gasteiger partial charge in [0.05, 0.1) is 0 Å².